The van der Waals surface area contributed by atoms with Gasteiger partial charge in [0.1, 0.15) is 135 Å². The first kappa shape index (κ1) is 65.6. The average molecular weight is 1170 g/mol. The lowest BCUT2D eigenvalue weighted by molar-refractivity contribution is -0.383. The van der Waals surface area contributed by atoms with Crippen LogP contribution in [0.25, 0.3) is 0 Å². The molecule has 26 atom stereocenters. The molecule has 5 aliphatic heterocycles. The first-order chi connectivity index (χ1) is 38.5. The Morgan fingerprint density at radius 2 is 1.00 bits per heavy atom. The highest BCUT2D eigenvalue weighted by Gasteiger charge is 2.57. The van der Waals surface area contributed by atoms with E-state index in [-0.39, 0.29) is 6.61 Å². The maximum Gasteiger partial charge on any atom is 0.408 e. The van der Waals surface area contributed by atoms with Gasteiger partial charge >= 0.3 is 12.1 Å². The number of benzene rings is 1. The van der Waals surface area contributed by atoms with E-state index in [1.165, 1.54) is 0 Å². The van der Waals surface area contributed by atoms with Gasteiger partial charge in [0.2, 0.25) is 17.7 Å². The molecule has 0 aromatic heterocycles. The highest BCUT2D eigenvalue weighted by Crippen LogP contribution is 2.35. The van der Waals surface area contributed by atoms with Gasteiger partial charge in [-0.1, -0.05) is 30.3 Å². The predicted octanol–water partition coefficient (Wildman–Crippen LogP) is -10.7. The Balaban J connectivity index is 1.20. The number of ether oxygens (including phenoxy) is 11. The molecule has 460 valence electrons. The molecule has 4 amide bonds. The fourth-order valence-electron chi connectivity index (χ4n) is 9.53. The Morgan fingerprint density at radius 1 is 0.519 bits per heavy atom. The molecule has 5 saturated heterocycles. The maximum absolute atomic E-state index is 13.5. The zero-order valence-electron chi connectivity index (χ0n) is 43.6. The molecular formula is C47H72N4O30. The number of hydrogen-bond acceptors (Lipinski definition) is 30. The second-order valence-electron chi connectivity index (χ2n) is 19.5. The third kappa shape index (κ3) is 16.0. The Morgan fingerprint density at radius 3 is 1.57 bits per heavy atom. The molecule has 0 aliphatic carbocycles. The van der Waals surface area contributed by atoms with Crippen LogP contribution in [0.4, 0.5) is 4.79 Å². The van der Waals surface area contributed by atoms with E-state index in [2.05, 4.69) is 21.3 Å². The molecule has 34 nitrogen and oxygen atoms in total. The second kappa shape index (κ2) is 29.8. The number of esters is 1. The van der Waals surface area contributed by atoms with Crippen LogP contribution in [-0.2, 0) is 77.9 Å². The highest BCUT2D eigenvalue weighted by molar-refractivity contribution is 5.88. The quantitative estimate of drug-likeness (QED) is 0.0479. The molecule has 6 rings (SSSR count). The van der Waals surface area contributed by atoms with Crippen molar-refractivity contribution in [2.75, 3.05) is 40.1 Å². The van der Waals surface area contributed by atoms with Crippen molar-refractivity contribution in [1.29, 1.82) is 0 Å². The topological polar surface area (TPSA) is 518 Å². The van der Waals surface area contributed by atoms with Crippen molar-refractivity contribution in [3.8, 4) is 0 Å². The minimum absolute atomic E-state index is 0.199. The summed E-state index contributed by atoms with van der Waals surface area (Å²) in [4.78, 5) is 64.1. The summed E-state index contributed by atoms with van der Waals surface area (Å²) in [5, 5.41) is 160. The largest absolute Gasteiger partial charge is 0.467 e. The summed E-state index contributed by atoms with van der Waals surface area (Å²) in [6.45, 7) is -2.94. The lowest BCUT2D eigenvalue weighted by atomic mass is 9.93. The van der Waals surface area contributed by atoms with E-state index in [1.54, 1.807) is 30.3 Å². The molecule has 0 saturated carbocycles. The molecule has 5 fully saturated rings. The zero-order chi connectivity index (χ0) is 59.6. The van der Waals surface area contributed by atoms with E-state index in [4.69, 9.17) is 52.1 Å². The molecule has 5 heterocycles. The fourth-order valence-corrected chi connectivity index (χ4v) is 9.53. The number of carbonyl (C=O) groups excluding carboxylic acids is 5. The first-order valence-corrected chi connectivity index (χ1v) is 25.4. The number of nitrogens with one attached hydrogen (secondary N) is 4. The highest BCUT2D eigenvalue weighted by atomic mass is 16.8. The van der Waals surface area contributed by atoms with Gasteiger partial charge in [0.05, 0.1) is 46.6 Å². The standard InChI is InChI=1S/C47H72N4O30/c1-16(56)48-26-31(62)38(22(12-54)74-41(26)51-25(58)9-19(42(69)71-3)50-47(70)73-14-18-7-5-4-6-8-18)79-43-27(49-17(2)57)32(63)39(23(13-55)77-43)80-46-37(68)40(81-45-36(67)34(65)29(60)21(11-53)76-45)30(61)24(78-46)15-72-44-35(66)33(64)28(59)20(10-52)75-44/h4-8,19-24,26-41,43-46,52-55,59-68H,9-15H2,1-3H3,(H,48,56)(H,49,57)(H,50,70)(H,51,58)/t19-,20+,21+,22+,23+,24+,26+,27+,28+,29+,30+,31+,32+,33-,34-,35-,36-,37-,38+,39+,40-,41+,43-,44-,45+,46-/m0/s1. The molecule has 0 radical (unpaired) electrons. The molecule has 0 unspecified atom stereocenters. The number of alkyl carbamates (subject to hydrolysis) is 1. The third-order valence-electron chi connectivity index (χ3n) is 13.8. The Kier molecular flexibility index (Phi) is 24.1. The van der Waals surface area contributed by atoms with Gasteiger partial charge in [-0.2, -0.15) is 0 Å². The smallest absolute Gasteiger partial charge is 0.408 e. The van der Waals surface area contributed by atoms with Gasteiger partial charge in [0.25, 0.3) is 0 Å². The van der Waals surface area contributed by atoms with E-state index in [1.807, 2.05) is 0 Å². The van der Waals surface area contributed by atoms with Crippen molar-refractivity contribution in [2.24, 2.45) is 0 Å². The van der Waals surface area contributed by atoms with Crippen LogP contribution in [0.5, 0.6) is 0 Å². The van der Waals surface area contributed by atoms with Crippen LogP contribution in [0.2, 0.25) is 0 Å². The number of aliphatic hydroxyl groups is 14. The molecule has 1 aromatic carbocycles. The third-order valence-corrected chi connectivity index (χ3v) is 13.8. The maximum atomic E-state index is 13.5. The minimum Gasteiger partial charge on any atom is -0.467 e. The van der Waals surface area contributed by atoms with Gasteiger partial charge in [-0.15, -0.1) is 0 Å². The Bertz CT molecular complexity index is 2190. The van der Waals surface area contributed by atoms with Crippen molar-refractivity contribution in [3.63, 3.8) is 0 Å². The number of hydrogen-bond donors (Lipinski definition) is 18. The van der Waals surface area contributed by atoms with Crippen LogP contribution >= 0.6 is 0 Å². The molecule has 1 aromatic rings. The lowest BCUT2D eigenvalue weighted by Crippen LogP contribution is -2.71. The molecule has 5 aliphatic rings. The van der Waals surface area contributed by atoms with E-state index < -0.39 is 229 Å². The fraction of sp³-hybridized carbons (Fsp3) is 0.766. The lowest BCUT2D eigenvalue weighted by Gasteiger charge is -2.50. The van der Waals surface area contributed by atoms with Gasteiger partial charge in [-0.05, 0) is 5.56 Å². The van der Waals surface area contributed by atoms with Crippen LogP contribution in [-0.4, -0.2) is 301 Å². The Hall–Kier alpha value is -4.55. The predicted molar refractivity (Wildman–Crippen MR) is 256 cm³/mol. The SMILES string of the molecule is COC(=O)[C@H](CC(=O)N[C@@H]1O[C@H](CO)[C@@H](O[C@@H]2O[C@H](CO)[C@@H](O[C@@H]3O[C@H](CO[C@H]4O[C@H](CO)[C@@H](O)[C@H](O)[C@@H]4O)[C@@H](O)[C@H](O[C@H]4O[C@H](CO)[C@@H](O)[C@H](O)[C@@H]4O)[C@@H]3O)[C@H](O)[C@H]2NC(C)=O)[C@H](O)[C@H]1NC(C)=O)NC(=O)OCc1ccccc1. The van der Waals surface area contributed by atoms with Gasteiger partial charge in [0.15, 0.2) is 31.4 Å². The first-order valence-electron chi connectivity index (χ1n) is 25.4. The van der Waals surface area contributed by atoms with Crippen LogP contribution in [0.15, 0.2) is 30.3 Å². The summed E-state index contributed by atoms with van der Waals surface area (Å²) in [6, 6.07) is 3.36. The number of carbonyl (C=O) groups is 5. The summed E-state index contributed by atoms with van der Waals surface area (Å²) in [6.07, 6.45) is -45.8. The van der Waals surface area contributed by atoms with E-state index >= 15 is 0 Å². The van der Waals surface area contributed by atoms with Crippen molar-refractivity contribution < 1.29 is 148 Å². The molecule has 34 heteroatoms. The summed E-state index contributed by atoms with van der Waals surface area (Å²) in [5.41, 5.74) is 0.605. The van der Waals surface area contributed by atoms with Crippen molar-refractivity contribution in [1.82, 2.24) is 21.3 Å². The number of methoxy groups -OCH3 is 1. The van der Waals surface area contributed by atoms with Gasteiger partial charge in [-0.25, -0.2) is 9.59 Å². The van der Waals surface area contributed by atoms with Crippen molar-refractivity contribution >= 4 is 29.8 Å². The van der Waals surface area contributed by atoms with E-state index in [9.17, 15) is 95.5 Å². The molecule has 0 bridgehead atoms. The molecule has 18 N–H and O–H groups in total. The summed E-state index contributed by atoms with van der Waals surface area (Å²) < 4.78 is 61.9. The van der Waals surface area contributed by atoms with Crippen LogP contribution in [0, 0.1) is 0 Å². The van der Waals surface area contributed by atoms with E-state index in [0.29, 0.717) is 5.56 Å². The summed E-state index contributed by atoms with van der Waals surface area (Å²) >= 11 is 0. The normalized spacial score (nSPS) is 40.3. The Labute approximate surface area is 460 Å². The monoisotopic (exact) mass is 1170 g/mol. The van der Waals surface area contributed by atoms with E-state index in [0.717, 1.165) is 21.0 Å². The second-order valence-corrected chi connectivity index (χ2v) is 19.5. The minimum atomic E-state index is -2.25. The van der Waals surface area contributed by atoms with Crippen LogP contribution in [0.3, 0.4) is 0 Å². The average Bonchev–Trinajstić information content (AvgIpc) is 3.64. The van der Waals surface area contributed by atoms with Crippen molar-refractivity contribution in [2.45, 2.75) is 186 Å². The van der Waals surface area contributed by atoms with Crippen molar-refractivity contribution in [3.05, 3.63) is 35.9 Å². The van der Waals surface area contributed by atoms with Crippen LogP contribution < -0.4 is 21.3 Å². The van der Waals surface area contributed by atoms with Crippen LogP contribution in [0.1, 0.15) is 25.8 Å². The summed E-state index contributed by atoms with van der Waals surface area (Å²) in [7, 11) is 0.989. The molecule has 0 spiro atoms. The number of rotatable bonds is 22. The number of amides is 4. The summed E-state index contributed by atoms with van der Waals surface area (Å²) in [5.74, 6) is -3.77. The van der Waals surface area contributed by atoms with Gasteiger partial charge in [0, 0.05) is 13.8 Å². The number of aliphatic hydroxyl groups excluding tert-OH is 14. The zero-order valence-corrected chi connectivity index (χ0v) is 43.6. The molecular weight excluding hydrogens is 1100 g/mol. The molecule has 81 heavy (non-hydrogen) atoms. The van der Waals surface area contributed by atoms with Gasteiger partial charge in [-0.3, -0.25) is 14.4 Å². The van der Waals surface area contributed by atoms with Gasteiger partial charge < -0.3 is 145 Å².